The SMILES string of the molecule is CC(C)C(=O)O.CC(C)OC(=O)C(C)C. The molecule has 0 aromatic carbocycles. The van der Waals surface area contributed by atoms with Gasteiger partial charge in [-0.15, -0.1) is 0 Å². The Hall–Kier alpha value is -1.06. The van der Waals surface area contributed by atoms with Gasteiger partial charge in [0.25, 0.3) is 0 Å². The summed E-state index contributed by atoms with van der Waals surface area (Å²) in [5, 5.41) is 7.99. The number of hydrogen-bond acceptors (Lipinski definition) is 3. The van der Waals surface area contributed by atoms with Gasteiger partial charge in [0.05, 0.1) is 17.9 Å². The fourth-order valence-electron chi connectivity index (χ4n) is 0.368. The highest BCUT2D eigenvalue weighted by Gasteiger charge is 2.08. The van der Waals surface area contributed by atoms with Gasteiger partial charge in [-0.2, -0.15) is 0 Å². The van der Waals surface area contributed by atoms with Crippen molar-refractivity contribution in [2.24, 2.45) is 11.8 Å². The molecule has 0 bridgehead atoms. The van der Waals surface area contributed by atoms with Crippen LogP contribution in [0.5, 0.6) is 0 Å². The summed E-state index contributed by atoms with van der Waals surface area (Å²) < 4.78 is 4.87. The van der Waals surface area contributed by atoms with Crippen molar-refractivity contribution < 1.29 is 19.4 Å². The van der Waals surface area contributed by atoms with Crippen LogP contribution in [0.4, 0.5) is 0 Å². The van der Waals surface area contributed by atoms with E-state index in [1.807, 2.05) is 27.7 Å². The molecule has 4 nitrogen and oxygen atoms in total. The summed E-state index contributed by atoms with van der Waals surface area (Å²) in [6, 6.07) is 0. The molecule has 0 saturated carbocycles. The van der Waals surface area contributed by atoms with Crippen molar-refractivity contribution in [1.29, 1.82) is 0 Å². The molecule has 0 aromatic rings. The van der Waals surface area contributed by atoms with Crippen LogP contribution in [-0.2, 0) is 14.3 Å². The number of rotatable bonds is 3. The molecule has 0 aliphatic rings. The molecule has 0 aliphatic heterocycles. The van der Waals surface area contributed by atoms with Crippen LogP contribution in [0.3, 0.4) is 0 Å². The van der Waals surface area contributed by atoms with Gasteiger partial charge in [-0.25, -0.2) is 0 Å². The molecule has 0 fully saturated rings. The minimum Gasteiger partial charge on any atom is -0.481 e. The molecule has 0 atom stereocenters. The fourth-order valence-corrected chi connectivity index (χ4v) is 0.368. The molecule has 0 heterocycles. The van der Waals surface area contributed by atoms with Crippen molar-refractivity contribution in [3.8, 4) is 0 Å². The quantitative estimate of drug-likeness (QED) is 0.738. The van der Waals surface area contributed by atoms with Crippen molar-refractivity contribution >= 4 is 11.9 Å². The van der Waals surface area contributed by atoms with Gasteiger partial charge in [-0.05, 0) is 13.8 Å². The second-order valence-corrected chi connectivity index (χ2v) is 4.13. The van der Waals surface area contributed by atoms with Gasteiger partial charge in [-0.3, -0.25) is 9.59 Å². The van der Waals surface area contributed by atoms with E-state index in [9.17, 15) is 9.59 Å². The van der Waals surface area contributed by atoms with Crippen LogP contribution >= 0.6 is 0 Å². The standard InChI is InChI=1S/C7H14O2.C4H8O2/c1-5(2)7(8)9-6(3)4;1-3(2)4(5)6/h5-6H,1-4H3;3H,1-2H3,(H,5,6). The highest BCUT2D eigenvalue weighted by Crippen LogP contribution is 1.98. The molecule has 4 heteroatoms. The van der Waals surface area contributed by atoms with Gasteiger partial charge in [0, 0.05) is 0 Å². The predicted octanol–water partition coefficient (Wildman–Crippen LogP) is 2.32. The summed E-state index contributed by atoms with van der Waals surface area (Å²) in [7, 11) is 0. The van der Waals surface area contributed by atoms with Crippen LogP contribution < -0.4 is 0 Å². The Morgan fingerprint density at radius 2 is 1.27 bits per heavy atom. The Morgan fingerprint density at radius 1 is 0.933 bits per heavy atom. The van der Waals surface area contributed by atoms with Crippen LogP contribution in [0.15, 0.2) is 0 Å². The topological polar surface area (TPSA) is 63.6 Å². The molecular weight excluding hydrogens is 196 g/mol. The molecule has 90 valence electrons. The first kappa shape index (κ1) is 16.4. The monoisotopic (exact) mass is 218 g/mol. The Balaban J connectivity index is 0. The van der Waals surface area contributed by atoms with E-state index in [0.717, 1.165) is 0 Å². The smallest absolute Gasteiger partial charge is 0.308 e. The minimum absolute atomic E-state index is 0.00704. The van der Waals surface area contributed by atoms with Crippen LogP contribution in [0, 0.1) is 11.8 Å². The van der Waals surface area contributed by atoms with E-state index in [-0.39, 0.29) is 23.9 Å². The van der Waals surface area contributed by atoms with E-state index in [0.29, 0.717) is 0 Å². The Labute approximate surface area is 91.6 Å². The lowest BCUT2D eigenvalue weighted by Gasteiger charge is -2.08. The van der Waals surface area contributed by atoms with Crippen molar-refractivity contribution in [2.75, 3.05) is 0 Å². The number of hydrogen-bond donors (Lipinski definition) is 1. The maximum atomic E-state index is 10.7. The zero-order valence-corrected chi connectivity index (χ0v) is 10.4. The first-order valence-electron chi connectivity index (χ1n) is 5.11. The number of carboxylic acids is 1. The minimum atomic E-state index is -0.741. The number of carboxylic acid groups (broad SMARTS) is 1. The second-order valence-electron chi connectivity index (χ2n) is 4.13. The van der Waals surface area contributed by atoms with Gasteiger partial charge < -0.3 is 9.84 Å². The van der Waals surface area contributed by atoms with Crippen LogP contribution in [-0.4, -0.2) is 23.1 Å². The Morgan fingerprint density at radius 3 is 1.33 bits per heavy atom. The van der Waals surface area contributed by atoms with E-state index in [2.05, 4.69) is 0 Å². The second kappa shape index (κ2) is 8.26. The zero-order valence-electron chi connectivity index (χ0n) is 10.4. The molecule has 0 spiro atoms. The summed E-state index contributed by atoms with van der Waals surface area (Å²) in [5.74, 6) is -1.10. The largest absolute Gasteiger partial charge is 0.481 e. The average Bonchev–Trinajstić information content (AvgIpc) is 2.03. The lowest BCUT2D eigenvalue weighted by Crippen LogP contribution is -2.16. The van der Waals surface area contributed by atoms with Gasteiger partial charge in [0.1, 0.15) is 0 Å². The number of carbonyl (C=O) groups is 2. The third kappa shape index (κ3) is 12.9. The van der Waals surface area contributed by atoms with Gasteiger partial charge in [0.2, 0.25) is 0 Å². The molecule has 15 heavy (non-hydrogen) atoms. The molecule has 0 aliphatic carbocycles. The van der Waals surface area contributed by atoms with Crippen molar-refractivity contribution in [2.45, 2.75) is 47.6 Å². The number of carbonyl (C=O) groups excluding carboxylic acids is 1. The summed E-state index contributed by atoms with van der Waals surface area (Å²) in [5.41, 5.74) is 0. The maximum Gasteiger partial charge on any atom is 0.308 e. The summed E-state index contributed by atoms with van der Waals surface area (Å²) in [6.07, 6.45) is 0.0138. The van der Waals surface area contributed by atoms with E-state index in [1.54, 1.807) is 13.8 Å². The summed E-state index contributed by atoms with van der Waals surface area (Å²) in [6.45, 7) is 10.6. The lowest BCUT2D eigenvalue weighted by atomic mass is 10.2. The van der Waals surface area contributed by atoms with E-state index in [1.165, 1.54) is 0 Å². The molecule has 1 N–H and O–H groups in total. The summed E-state index contributed by atoms with van der Waals surface area (Å²) in [4.78, 5) is 20.4. The fraction of sp³-hybridized carbons (Fsp3) is 0.818. The van der Waals surface area contributed by atoms with Crippen LogP contribution in [0.2, 0.25) is 0 Å². The maximum absolute atomic E-state index is 10.7. The number of ether oxygens (including phenoxy) is 1. The van der Waals surface area contributed by atoms with E-state index in [4.69, 9.17) is 9.84 Å². The third-order valence-corrected chi connectivity index (χ3v) is 1.32. The first-order chi connectivity index (χ1) is 6.68. The molecule has 0 amide bonds. The van der Waals surface area contributed by atoms with Crippen molar-refractivity contribution in [1.82, 2.24) is 0 Å². The Kier molecular flexibility index (Phi) is 9.02. The van der Waals surface area contributed by atoms with Crippen LogP contribution in [0.1, 0.15) is 41.5 Å². The lowest BCUT2D eigenvalue weighted by molar-refractivity contribution is -0.151. The highest BCUT2D eigenvalue weighted by molar-refractivity contribution is 5.71. The molecular formula is C11H22O4. The number of esters is 1. The number of aliphatic carboxylic acids is 1. The molecule has 0 unspecified atom stereocenters. The summed E-state index contributed by atoms with van der Waals surface area (Å²) >= 11 is 0. The van der Waals surface area contributed by atoms with Gasteiger partial charge >= 0.3 is 11.9 Å². The van der Waals surface area contributed by atoms with Crippen LogP contribution in [0.25, 0.3) is 0 Å². The zero-order chi connectivity index (χ0) is 12.6. The van der Waals surface area contributed by atoms with Crippen molar-refractivity contribution in [3.63, 3.8) is 0 Å². The van der Waals surface area contributed by atoms with E-state index >= 15 is 0 Å². The first-order valence-corrected chi connectivity index (χ1v) is 5.11. The van der Waals surface area contributed by atoms with Crippen molar-refractivity contribution in [3.05, 3.63) is 0 Å². The predicted molar refractivity (Wildman–Crippen MR) is 58.5 cm³/mol. The average molecular weight is 218 g/mol. The molecule has 0 rings (SSSR count). The normalized spacial score (nSPS) is 9.93. The van der Waals surface area contributed by atoms with E-state index < -0.39 is 5.97 Å². The molecule has 0 radical (unpaired) electrons. The van der Waals surface area contributed by atoms with Gasteiger partial charge in [-0.1, -0.05) is 27.7 Å². The molecule has 0 saturated heterocycles. The van der Waals surface area contributed by atoms with Gasteiger partial charge in [0.15, 0.2) is 0 Å². The third-order valence-electron chi connectivity index (χ3n) is 1.32. The highest BCUT2D eigenvalue weighted by atomic mass is 16.5. The molecule has 0 aromatic heterocycles. The Bertz CT molecular complexity index is 195.